The van der Waals surface area contributed by atoms with Gasteiger partial charge in [-0.05, 0) is 12.8 Å². The topological polar surface area (TPSA) is 66.6 Å². The second kappa shape index (κ2) is 4.94. The highest BCUT2D eigenvalue weighted by atomic mass is 32.1. The maximum Gasteiger partial charge on any atom is 0.226 e. The van der Waals surface area contributed by atoms with Gasteiger partial charge >= 0.3 is 0 Å². The Morgan fingerprint density at radius 1 is 1.53 bits per heavy atom. The fraction of sp³-hybridized carbons (Fsp3) is 0.538. The predicted octanol–water partition coefficient (Wildman–Crippen LogP) is 1.36. The molecular weight excluding hydrogens is 262 g/mol. The molecule has 2 aromatic rings. The molecule has 1 aliphatic rings. The molecule has 2 aromatic heterocycles. The third kappa shape index (κ3) is 2.79. The van der Waals surface area contributed by atoms with Crippen LogP contribution in [0.1, 0.15) is 31.4 Å². The summed E-state index contributed by atoms with van der Waals surface area (Å²) in [5.41, 5.74) is 0.0762. The average Bonchev–Trinajstić information content (AvgIpc) is 3.03. The van der Waals surface area contributed by atoms with Gasteiger partial charge in [0.25, 0.3) is 0 Å². The predicted molar refractivity (Wildman–Crippen MR) is 73.2 cm³/mol. The number of carbonyl (C=O) groups is 1. The van der Waals surface area contributed by atoms with Crippen molar-refractivity contribution in [2.75, 3.05) is 6.54 Å². The van der Waals surface area contributed by atoms with Crippen LogP contribution in [0.3, 0.4) is 0 Å². The van der Waals surface area contributed by atoms with Crippen LogP contribution >= 0.6 is 11.3 Å². The second-order valence-electron chi connectivity index (χ2n) is 5.21. The van der Waals surface area contributed by atoms with E-state index in [2.05, 4.69) is 10.3 Å². The molecule has 102 valence electrons. The summed E-state index contributed by atoms with van der Waals surface area (Å²) < 4.78 is 1.91. The number of carbonyl (C=O) groups excluding carboxylic acids is 1. The molecule has 1 saturated carbocycles. The molecule has 0 radical (unpaired) electrons. The van der Waals surface area contributed by atoms with Crippen molar-refractivity contribution in [2.45, 2.75) is 37.7 Å². The lowest BCUT2D eigenvalue weighted by Crippen LogP contribution is -2.41. The average molecular weight is 279 g/mol. The highest BCUT2D eigenvalue weighted by molar-refractivity contribution is 7.15. The molecule has 0 spiro atoms. The Bertz CT molecular complexity index is 555. The zero-order chi connectivity index (χ0) is 13.3. The van der Waals surface area contributed by atoms with Crippen LogP contribution in [0.4, 0.5) is 0 Å². The van der Waals surface area contributed by atoms with Crippen molar-refractivity contribution in [1.29, 1.82) is 0 Å². The Hall–Kier alpha value is -1.40. The lowest BCUT2D eigenvalue weighted by Gasteiger charge is -2.22. The Kier molecular flexibility index (Phi) is 3.28. The molecular formula is C13H17N3O2S. The number of fused-ring (bicyclic) bond motifs is 1. The molecule has 0 bridgehead atoms. The minimum absolute atomic E-state index is 0.0777. The van der Waals surface area contributed by atoms with Crippen LogP contribution in [0, 0.1) is 0 Å². The van der Waals surface area contributed by atoms with Gasteiger partial charge in [0.2, 0.25) is 5.91 Å². The van der Waals surface area contributed by atoms with Gasteiger partial charge in [0.05, 0.1) is 17.7 Å². The van der Waals surface area contributed by atoms with E-state index in [1.54, 1.807) is 11.3 Å². The van der Waals surface area contributed by atoms with E-state index in [1.165, 1.54) is 0 Å². The lowest BCUT2D eigenvalue weighted by molar-refractivity contribution is -0.121. The summed E-state index contributed by atoms with van der Waals surface area (Å²) in [6.45, 7) is 0.355. The van der Waals surface area contributed by atoms with E-state index < -0.39 is 5.60 Å². The van der Waals surface area contributed by atoms with Gasteiger partial charge in [0.15, 0.2) is 4.96 Å². The summed E-state index contributed by atoms with van der Waals surface area (Å²) in [5, 5.41) is 14.9. The van der Waals surface area contributed by atoms with Crippen molar-refractivity contribution in [1.82, 2.24) is 14.7 Å². The Morgan fingerprint density at radius 2 is 2.32 bits per heavy atom. The molecule has 0 saturated heterocycles. The first-order chi connectivity index (χ1) is 9.15. The van der Waals surface area contributed by atoms with E-state index in [4.69, 9.17) is 0 Å². The molecule has 1 fully saturated rings. The molecule has 0 atom stereocenters. The maximum absolute atomic E-state index is 11.8. The van der Waals surface area contributed by atoms with Crippen LogP contribution in [-0.4, -0.2) is 32.5 Å². The first kappa shape index (κ1) is 12.6. The van der Waals surface area contributed by atoms with Gasteiger partial charge in [-0.2, -0.15) is 0 Å². The third-order valence-electron chi connectivity index (χ3n) is 3.63. The fourth-order valence-electron chi connectivity index (χ4n) is 2.56. The number of aliphatic hydroxyl groups is 1. The number of hydrogen-bond acceptors (Lipinski definition) is 4. The zero-order valence-corrected chi connectivity index (χ0v) is 11.4. The molecule has 5 nitrogen and oxygen atoms in total. The molecule has 6 heteroatoms. The van der Waals surface area contributed by atoms with Gasteiger partial charge in [0.1, 0.15) is 0 Å². The van der Waals surface area contributed by atoms with E-state index in [-0.39, 0.29) is 12.3 Å². The second-order valence-corrected chi connectivity index (χ2v) is 6.08. The van der Waals surface area contributed by atoms with Crippen molar-refractivity contribution >= 4 is 22.2 Å². The number of nitrogens with zero attached hydrogens (tertiary/aromatic N) is 2. The van der Waals surface area contributed by atoms with Gasteiger partial charge in [-0.1, -0.05) is 12.8 Å². The summed E-state index contributed by atoms with van der Waals surface area (Å²) in [6.07, 6.45) is 7.73. The Labute approximate surface area is 115 Å². The third-order valence-corrected chi connectivity index (χ3v) is 4.40. The van der Waals surface area contributed by atoms with E-state index in [9.17, 15) is 9.90 Å². The first-order valence-corrected chi connectivity index (χ1v) is 7.43. The zero-order valence-electron chi connectivity index (χ0n) is 10.6. The van der Waals surface area contributed by atoms with Crippen LogP contribution in [0.25, 0.3) is 4.96 Å². The monoisotopic (exact) mass is 279 g/mol. The normalized spacial score (nSPS) is 17.9. The molecule has 0 unspecified atom stereocenters. The molecule has 2 heterocycles. The smallest absolute Gasteiger partial charge is 0.226 e. The van der Waals surface area contributed by atoms with E-state index in [0.29, 0.717) is 6.54 Å². The number of amides is 1. The van der Waals surface area contributed by atoms with E-state index >= 15 is 0 Å². The van der Waals surface area contributed by atoms with Crippen LogP contribution in [0.15, 0.2) is 17.8 Å². The molecule has 2 N–H and O–H groups in total. The lowest BCUT2D eigenvalue weighted by atomic mass is 10.0. The number of rotatable bonds is 4. The minimum Gasteiger partial charge on any atom is -0.388 e. The van der Waals surface area contributed by atoms with Gasteiger partial charge in [0, 0.05) is 24.3 Å². The van der Waals surface area contributed by atoms with E-state index in [1.807, 2.05) is 22.2 Å². The van der Waals surface area contributed by atoms with Crippen LogP contribution in [0.5, 0.6) is 0 Å². The fourth-order valence-corrected chi connectivity index (χ4v) is 3.28. The molecule has 0 aromatic carbocycles. The van der Waals surface area contributed by atoms with Gasteiger partial charge in [-0.15, -0.1) is 11.3 Å². The van der Waals surface area contributed by atoms with Crippen LogP contribution in [-0.2, 0) is 11.2 Å². The van der Waals surface area contributed by atoms with Gasteiger partial charge < -0.3 is 10.4 Å². The number of hydrogen-bond donors (Lipinski definition) is 2. The molecule has 1 amide bonds. The standard InChI is InChI=1S/C13H17N3O2S/c17-11(14-9-13(18)3-1-2-4-13)7-10-8-16-5-6-19-12(16)15-10/h5-6,8,18H,1-4,7,9H2,(H,14,17). The van der Waals surface area contributed by atoms with Crippen molar-refractivity contribution in [3.63, 3.8) is 0 Å². The summed E-state index contributed by atoms with van der Waals surface area (Å²) in [4.78, 5) is 17.1. The molecule has 19 heavy (non-hydrogen) atoms. The van der Waals surface area contributed by atoms with Gasteiger partial charge in [-0.3, -0.25) is 9.20 Å². The molecule has 1 aliphatic carbocycles. The van der Waals surface area contributed by atoms with Crippen molar-refractivity contribution in [3.8, 4) is 0 Å². The number of aromatic nitrogens is 2. The Balaban J connectivity index is 1.55. The quantitative estimate of drug-likeness (QED) is 0.888. The van der Waals surface area contributed by atoms with Crippen molar-refractivity contribution in [2.24, 2.45) is 0 Å². The molecule has 0 aliphatic heterocycles. The first-order valence-electron chi connectivity index (χ1n) is 6.55. The number of thiazole rings is 1. The van der Waals surface area contributed by atoms with Gasteiger partial charge in [-0.25, -0.2) is 4.98 Å². The Morgan fingerprint density at radius 3 is 3.05 bits per heavy atom. The highest BCUT2D eigenvalue weighted by Gasteiger charge is 2.31. The summed E-state index contributed by atoms with van der Waals surface area (Å²) in [7, 11) is 0. The largest absolute Gasteiger partial charge is 0.388 e. The van der Waals surface area contributed by atoms with Crippen LogP contribution in [0.2, 0.25) is 0 Å². The highest BCUT2D eigenvalue weighted by Crippen LogP contribution is 2.28. The molecule has 3 rings (SSSR count). The number of nitrogens with one attached hydrogen (secondary N) is 1. The SMILES string of the molecule is O=C(Cc1cn2ccsc2n1)NCC1(O)CCCC1. The maximum atomic E-state index is 11.8. The summed E-state index contributed by atoms with van der Waals surface area (Å²) >= 11 is 1.55. The van der Waals surface area contributed by atoms with Crippen molar-refractivity contribution < 1.29 is 9.90 Å². The summed E-state index contributed by atoms with van der Waals surface area (Å²) in [5.74, 6) is -0.0777. The van der Waals surface area contributed by atoms with Crippen molar-refractivity contribution in [3.05, 3.63) is 23.5 Å². The minimum atomic E-state index is -0.690. The van der Waals surface area contributed by atoms with Crippen LogP contribution < -0.4 is 5.32 Å². The summed E-state index contributed by atoms with van der Waals surface area (Å²) in [6, 6.07) is 0. The number of imidazole rings is 1. The van der Waals surface area contributed by atoms with E-state index in [0.717, 1.165) is 36.3 Å².